The van der Waals surface area contributed by atoms with Crippen LogP contribution in [-0.2, 0) is 0 Å². The van der Waals surface area contributed by atoms with Crippen molar-refractivity contribution in [1.82, 2.24) is 9.97 Å². The number of rotatable bonds is 1. The molecule has 1 fully saturated rings. The van der Waals surface area contributed by atoms with Crippen molar-refractivity contribution < 1.29 is 0 Å². The molecule has 4 heteroatoms. The highest BCUT2D eigenvalue weighted by Gasteiger charge is 2.19. The van der Waals surface area contributed by atoms with Gasteiger partial charge in [-0.3, -0.25) is 0 Å². The normalized spacial score (nSPS) is 23.1. The van der Waals surface area contributed by atoms with Gasteiger partial charge in [0.05, 0.1) is 0 Å². The Kier molecular flexibility index (Phi) is 1.91. The molecule has 2 N–H and O–H groups in total. The van der Waals surface area contributed by atoms with Crippen LogP contribution < -0.4 is 10.6 Å². The molecule has 0 radical (unpaired) electrons. The second-order valence-electron chi connectivity index (χ2n) is 3.06. The van der Waals surface area contributed by atoms with E-state index in [0.29, 0.717) is 6.04 Å². The summed E-state index contributed by atoms with van der Waals surface area (Å²) < 4.78 is 0. The highest BCUT2D eigenvalue weighted by Crippen LogP contribution is 2.14. The van der Waals surface area contributed by atoms with Gasteiger partial charge in [0.1, 0.15) is 12.1 Å². The number of nitrogens with zero attached hydrogens (tertiary/aromatic N) is 3. The van der Waals surface area contributed by atoms with Crippen LogP contribution in [0.3, 0.4) is 0 Å². The molecule has 4 nitrogen and oxygen atoms in total. The monoisotopic (exact) mass is 164 g/mol. The molecular formula is C8H12N4. The summed E-state index contributed by atoms with van der Waals surface area (Å²) in [6.45, 7) is 1.93. The van der Waals surface area contributed by atoms with Crippen molar-refractivity contribution in [3.63, 3.8) is 0 Å². The molecule has 1 saturated heterocycles. The van der Waals surface area contributed by atoms with Gasteiger partial charge in [0, 0.05) is 25.3 Å². The topological polar surface area (TPSA) is 55.0 Å². The molecule has 0 aromatic carbocycles. The standard InChI is InChI=1S/C8H12N4/c9-7-2-4-12(5-7)8-1-3-10-6-11-8/h1,3,6-7H,2,4-5,9H2/t7-/m1/s1. The second-order valence-corrected chi connectivity index (χ2v) is 3.06. The number of nitrogens with two attached hydrogens (primary N) is 1. The fourth-order valence-electron chi connectivity index (χ4n) is 1.47. The molecule has 0 amide bonds. The molecule has 1 aromatic rings. The summed E-state index contributed by atoms with van der Waals surface area (Å²) in [5.41, 5.74) is 5.78. The van der Waals surface area contributed by atoms with Crippen LogP contribution in [0.5, 0.6) is 0 Å². The predicted molar refractivity (Wildman–Crippen MR) is 46.8 cm³/mol. The van der Waals surface area contributed by atoms with Crippen LogP contribution in [0.15, 0.2) is 18.6 Å². The first-order valence-electron chi connectivity index (χ1n) is 4.13. The molecule has 0 bridgehead atoms. The van der Waals surface area contributed by atoms with Gasteiger partial charge in [0.2, 0.25) is 0 Å². The first-order chi connectivity index (χ1) is 5.86. The van der Waals surface area contributed by atoms with Crippen molar-refractivity contribution in [2.75, 3.05) is 18.0 Å². The predicted octanol–water partition coefficient (Wildman–Crippen LogP) is 0.0140. The lowest BCUT2D eigenvalue weighted by atomic mass is 10.3. The van der Waals surface area contributed by atoms with Crippen molar-refractivity contribution in [2.24, 2.45) is 5.73 Å². The van der Waals surface area contributed by atoms with Gasteiger partial charge in [-0.1, -0.05) is 0 Å². The Morgan fingerprint density at radius 1 is 1.58 bits per heavy atom. The maximum absolute atomic E-state index is 5.78. The third kappa shape index (κ3) is 1.38. The summed E-state index contributed by atoms with van der Waals surface area (Å²) in [5, 5.41) is 0. The van der Waals surface area contributed by atoms with E-state index in [-0.39, 0.29) is 0 Å². The van der Waals surface area contributed by atoms with Crippen LogP contribution in [0.4, 0.5) is 5.82 Å². The molecule has 2 rings (SSSR count). The lowest BCUT2D eigenvalue weighted by Crippen LogP contribution is -2.26. The maximum atomic E-state index is 5.78. The van der Waals surface area contributed by atoms with Gasteiger partial charge in [-0.15, -0.1) is 0 Å². The van der Waals surface area contributed by atoms with Gasteiger partial charge in [0.15, 0.2) is 0 Å². The van der Waals surface area contributed by atoms with E-state index in [1.165, 1.54) is 0 Å². The Labute approximate surface area is 71.4 Å². The molecule has 0 saturated carbocycles. The van der Waals surface area contributed by atoms with E-state index in [9.17, 15) is 0 Å². The summed E-state index contributed by atoms with van der Waals surface area (Å²) >= 11 is 0. The minimum Gasteiger partial charge on any atom is -0.355 e. The van der Waals surface area contributed by atoms with Gasteiger partial charge >= 0.3 is 0 Å². The highest BCUT2D eigenvalue weighted by atomic mass is 15.2. The van der Waals surface area contributed by atoms with Crippen LogP contribution in [-0.4, -0.2) is 29.1 Å². The third-order valence-corrected chi connectivity index (χ3v) is 2.12. The first-order valence-corrected chi connectivity index (χ1v) is 4.13. The lowest BCUT2D eigenvalue weighted by molar-refractivity contribution is 0.751. The summed E-state index contributed by atoms with van der Waals surface area (Å²) in [6.07, 6.45) is 4.38. The fraction of sp³-hybridized carbons (Fsp3) is 0.500. The van der Waals surface area contributed by atoms with Gasteiger partial charge < -0.3 is 10.6 Å². The van der Waals surface area contributed by atoms with Crippen molar-refractivity contribution in [3.8, 4) is 0 Å². The first kappa shape index (κ1) is 7.49. The zero-order valence-corrected chi connectivity index (χ0v) is 6.85. The summed E-state index contributed by atoms with van der Waals surface area (Å²) in [4.78, 5) is 10.2. The van der Waals surface area contributed by atoms with Crippen LogP contribution >= 0.6 is 0 Å². The molecule has 0 unspecified atom stereocenters. The lowest BCUT2D eigenvalue weighted by Gasteiger charge is -2.15. The summed E-state index contributed by atoms with van der Waals surface area (Å²) in [5.74, 6) is 0.984. The molecular weight excluding hydrogens is 152 g/mol. The smallest absolute Gasteiger partial charge is 0.131 e. The van der Waals surface area contributed by atoms with E-state index in [2.05, 4.69) is 14.9 Å². The van der Waals surface area contributed by atoms with E-state index >= 15 is 0 Å². The number of hydrogen-bond acceptors (Lipinski definition) is 4. The molecule has 1 atom stereocenters. The highest BCUT2D eigenvalue weighted by molar-refractivity contribution is 5.38. The van der Waals surface area contributed by atoms with E-state index in [1.54, 1.807) is 12.5 Å². The van der Waals surface area contributed by atoms with Crippen molar-refractivity contribution in [2.45, 2.75) is 12.5 Å². The molecule has 1 aliphatic rings. The van der Waals surface area contributed by atoms with Crippen LogP contribution in [0.1, 0.15) is 6.42 Å². The summed E-state index contributed by atoms with van der Waals surface area (Å²) in [6, 6.07) is 2.22. The van der Waals surface area contributed by atoms with Gasteiger partial charge in [0.25, 0.3) is 0 Å². The maximum Gasteiger partial charge on any atom is 0.131 e. The largest absolute Gasteiger partial charge is 0.355 e. The molecule has 0 aliphatic carbocycles. The fourth-order valence-corrected chi connectivity index (χ4v) is 1.47. The van der Waals surface area contributed by atoms with E-state index < -0.39 is 0 Å². The van der Waals surface area contributed by atoms with Crippen LogP contribution in [0.25, 0.3) is 0 Å². The minimum absolute atomic E-state index is 0.306. The summed E-state index contributed by atoms with van der Waals surface area (Å²) in [7, 11) is 0. The van der Waals surface area contributed by atoms with Crippen LogP contribution in [0, 0.1) is 0 Å². The van der Waals surface area contributed by atoms with E-state index in [1.807, 2.05) is 6.07 Å². The van der Waals surface area contributed by atoms with Crippen LogP contribution in [0.2, 0.25) is 0 Å². The number of hydrogen-bond donors (Lipinski definition) is 1. The number of aromatic nitrogens is 2. The van der Waals surface area contributed by atoms with Crippen molar-refractivity contribution >= 4 is 5.82 Å². The molecule has 64 valence electrons. The molecule has 1 aromatic heterocycles. The van der Waals surface area contributed by atoms with Gasteiger partial charge in [-0.05, 0) is 12.5 Å². The SMILES string of the molecule is N[C@@H]1CCN(c2ccncn2)C1. The second kappa shape index (κ2) is 3.06. The Hall–Kier alpha value is -1.16. The minimum atomic E-state index is 0.306. The van der Waals surface area contributed by atoms with E-state index in [4.69, 9.17) is 5.73 Å². The zero-order chi connectivity index (χ0) is 8.39. The van der Waals surface area contributed by atoms with E-state index in [0.717, 1.165) is 25.3 Å². The van der Waals surface area contributed by atoms with Crippen molar-refractivity contribution in [1.29, 1.82) is 0 Å². The zero-order valence-electron chi connectivity index (χ0n) is 6.85. The molecule has 12 heavy (non-hydrogen) atoms. The quantitative estimate of drug-likeness (QED) is 0.635. The third-order valence-electron chi connectivity index (χ3n) is 2.12. The average Bonchev–Trinajstić information content (AvgIpc) is 2.54. The van der Waals surface area contributed by atoms with Gasteiger partial charge in [-0.25, -0.2) is 9.97 Å². The van der Waals surface area contributed by atoms with Gasteiger partial charge in [-0.2, -0.15) is 0 Å². The Morgan fingerprint density at radius 2 is 2.50 bits per heavy atom. The Balaban J connectivity index is 2.11. The molecule has 1 aliphatic heterocycles. The molecule has 2 heterocycles. The average molecular weight is 164 g/mol. The Morgan fingerprint density at radius 3 is 3.08 bits per heavy atom. The van der Waals surface area contributed by atoms with Crippen molar-refractivity contribution in [3.05, 3.63) is 18.6 Å². The Bertz CT molecular complexity index is 248. The number of anilines is 1. The molecule has 0 spiro atoms.